The van der Waals surface area contributed by atoms with Gasteiger partial charge in [-0.1, -0.05) is 11.6 Å². The number of carbonyl (C=O) groups is 1. The van der Waals surface area contributed by atoms with Crippen molar-refractivity contribution in [3.63, 3.8) is 0 Å². The van der Waals surface area contributed by atoms with E-state index in [0.717, 1.165) is 31.6 Å². The van der Waals surface area contributed by atoms with Crippen molar-refractivity contribution in [3.8, 4) is 0 Å². The molecule has 1 saturated heterocycles. The number of nitrogens with zero attached hydrogens (tertiary/aromatic N) is 2. The highest BCUT2D eigenvalue weighted by Gasteiger charge is 2.35. The summed E-state index contributed by atoms with van der Waals surface area (Å²) in [5.74, 6) is 0.163. The fourth-order valence-corrected chi connectivity index (χ4v) is 2.95. The Labute approximate surface area is 138 Å². The van der Waals surface area contributed by atoms with Crippen LogP contribution in [0.3, 0.4) is 0 Å². The third kappa shape index (κ3) is 4.28. The quantitative estimate of drug-likeness (QED) is 0.895. The number of alkyl halides is 3. The van der Waals surface area contributed by atoms with E-state index >= 15 is 0 Å². The Balaban J connectivity index is 1.91. The number of halogens is 4. The Hall–Kier alpha value is -1.50. The summed E-state index contributed by atoms with van der Waals surface area (Å²) >= 11 is 5.80. The van der Waals surface area contributed by atoms with E-state index in [1.165, 1.54) is 0 Å². The molecule has 1 amide bonds. The molecule has 0 radical (unpaired) electrons. The molecule has 0 saturated carbocycles. The van der Waals surface area contributed by atoms with E-state index in [2.05, 4.69) is 10.3 Å². The summed E-state index contributed by atoms with van der Waals surface area (Å²) < 4.78 is 37.6. The fraction of sp³-hybridized carbons (Fsp3) is 0.600. The van der Waals surface area contributed by atoms with Crippen molar-refractivity contribution < 1.29 is 18.0 Å². The summed E-state index contributed by atoms with van der Waals surface area (Å²) in [5, 5.41) is 2.70. The average molecular weight is 350 g/mol. The first-order valence-corrected chi connectivity index (χ1v) is 7.76. The lowest BCUT2D eigenvalue weighted by Crippen LogP contribution is -2.43. The van der Waals surface area contributed by atoms with Gasteiger partial charge in [-0.2, -0.15) is 13.2 Å². The van der Waals surface area contributed by atoms with Crippen molar-refractivity contribution in [1.82, 2.24) is 9.88 Å². The predicted octanol–water partition coefficient (Wildman–Crippen LogP) is 3.96. The molecule has 2 heterocycles. The third-order valence-electron chi connectivity index (χ3n) is 4.00. The van der Waals surface area contributed by atoms with Crippen molar-refractivity contribution in [3.05, 3.63) is 22.8 Å². The third-order valence-corrected chi connectivity index (χ3v) is 4.29. The lowest BCUT2D eigenvalue weighted by atomic mass is 10.0. The number of aromatic nitrogens is 1. The summed E-state index contributed by atoms with van der Waals surface area (Å²) in [5.41, 5.74) is -1.04. The minimum absolute atomic E-state index is 0.0167. The number of hydrogen-bond acceptors (Lipinski definition) is 3. The van der Waals surface area contributed by atoms with Gasteiger partial charge in [-0.05, 0) is 32.8 Å². The smallest absolute Gasteiger partial charge is 0.368 e. The Morgan fingerprint density at radius 3 is 2.70 bits per heavy atom. The predicted molar refractivity (Wildman–Crippen MR) is 82.4 cm³/mol. The molecule has 1 aromatic heterocycles. The molecule has 0 aromatic carbocycles. The highest BCUT2D eigenvalue weighted by atomic mass is 35.5. The van der Waals surface area contributed by atoms with Gasteiger partial charge in [0.2, 0.25) is 5.91 Å². The molecular weight excluding hydrogens is 331 g/mol. The van der Waals surface area contributed by atoms with Crippen molar-refractivity contribution in [2.75, 3.05) is 18.4 Å². The summed E-state index contributed by atoms with van der Waals surface area (Å²) in [6, 6.07) is 0.822. The topological polar surface area (TPSA) is 45.2 Å². The van der Waals surface area contributed by atoms with Crippen LogP contribution in [0.15, 0.2) is 12.3 Å². The van der Waals surface area contributed by atoms with Crippen LogP contribution in [0.5, 0.6) is 0 Å². The van der Waals surface area contributed by atoms with Gasteiger partial charge in [0.15, 0.2) is 0 Å². The summed E-state index contributed by atoms with van der Waals surface area (Å²) in [4.78, 5) is 17.7. The molecular formula is C15H19ClF3N3O. The minimum atomic E-state index is -4.48. The summed E-state index contributed by atoms with van der Waals surface area (Å²) in [7, 11) is 0. The summed E-state index contributed by atoms with van der Waals surface area (Å²) in [6.45, 7) is 5.06. The second-order valence-electron chi connectivity index (χ2n) is 6.19. The maximum absolute atomic E-state index is 12.5. The zero-order valence-electron chi connectivity index (χ0n) is 13.0. The number of anilines is 1. The Morgan fingerprint density at radius 1 is 1.48 bits per heavy atom. The van der Waals surface area contributed by atoms with Crippen LogP contribution >= 0.6 is 11.6 Å². The molecule has 0 unspecified atom stereocenters. The van der Waals surface area contributed by atoms with E-state index in [1.807, 2.05) is 18.7 Å². The van der Waals surface area contributed by atoms with E-state index in [4.69, 9.17) is 11.6 Å². The minimum Gasteiger partial charge on any atom is -0.368 e. The molecule has 1 N–H and O–H groups in total. The van der Waals surface area contributed by atoms with Crippen LogP contribution in [0.1, 0.15) is 38.7 Å². The molecule has 0 atom stereocenters. The SMILES string of the molecule is CC1(C)CCCN1C(=O)CCNc1ncc(C(F)(F)F)cc1Cl. The maximum Gasteiger partial charge on any atom is 0.417 e. The zero-order valence-corrected chi connectivity index (χ0v) is 13.8. The highest BCUT2D eigenvalue weighted by Crippen LogP contribution is 2.32. The van der Waals surface area contributed by atoms with Crippen molar-refractivity contribution in [2.45, 2.75) is 44.8 Å². The number of amides is 1. The number of hydrogen-bond donors (Lipinski definition) is 1. The number of nitrogens with one attached hydrogen (secondary N) is 1. The van der Waals surface area contributed by atoms with Gasteiger partial charge in [0.25, 0.3) is 0 Å². The van der Waals surface area contributed by atoms with Crippen LogP contribution < -0.4 is 5.32 Å². The van der Waals surface area contributed by atoms with Gasteiger partial charge in [0, 0.05) is 31.2 Å². The van der Waals surface area contributed by atoms with Gasteiger partial charge in [-0.15, -0.1) is 0 Å². The Morgan fingerprint density at radius 2 is 2.17 bits per heavy atom. The van der Waals surface area contributed by atoms with Gasteiger partial charge in [-0.3, -0.25) is 4.79 Å². The van der Waals surface area contributed by atoms with Crippen molar-refractivity contribution in [2.24, 2.45) is 0 Å². The number of pyridine rings is 1. The fourth-order valence-electron chi connectivity index (χ4n) is 2.72. The lowest BCUT2D eigenvalue weighted by Gasteiger charge is -2.31. The molecule has 1 aliphatic heterocycles. The molecule has 1 aliphatic rings. The second kappa shape index (κ2) is 6.55. The normalized spacial score (nSPS) is 17.4. The molecule has 4 nitrogen and oxygen atoms in total. The Bertz CT molecular complexity index is 590. The lowest BCUT2D eigenvalue weighted by molar-refractivity contribution is -0.138. The molecule has 0 spiro atoms. The number of likely N-dealkylation sites (tertiary alicyclic amines) is 1. The van der Waals surface area contributed by atoms with Crippen LogP contribution in [0, 0.1) is 0 Å². The van der Waals surface area contributed by atoms with Crippen LogP contribution in [-0.4, -0.2) is 34.4 Å². The van der Waals surface area contributed by atoms with Crippen LogP contribution in [-0.2, 0) is 11.0 Å². The van der Waals surface area contributed by atoms with E-state index in [1.54, 1.807) is 0 Å². The van der Waals surface area contributed by atoms with E-state index in [9.17, 15) is 18.0 Å². The maximum atomic E-state index is 12.5. The summed E-state index contributed by atoms with van der Waals surface area (Å²) in [6.07, 6.45) is -1.56. The van der Waals surface area contributed by atoms with E-state index in [-0.39, 0.29) is 35.3 Å². The van der Waals surface area contributed by atoms with Gasteiger partial charge in [0.05, 0.1) is 10.6 Å². The first-order valence-electron chi connectivity index (χ1n) is 7.38. The molecule has 1 fully saturated rings. The van der Waals surface area contributed by atoms with Crippen molar-refractivity contribution in [1.29, 1.82) is 0 Å². The van der Waals surface area contributed by atoms with E-state index < -0.39 is 11.7 Å². The molecule has 2 rings (SSSR count). The molecule has 1 aromatic rings. The highest BCUT2D eigenvalue weighted by molar-refractivity contribution is 6.32. The van der Waals surface area contributed by atoms with Gasteiger partial charge in [-0.25, -0.2) is 4.98 Å². The molecule has 23 heavy (non-hydrogen) atoms. The first-order chi connectivity index (χ1) is 10.6. The van der Waals surface area contributed by atoms with Gasteiger partial charge in [0.1, 0.15) is 5.82 Å². The van der Waals surface area contributed by atoms with Gasteiger partial charge >= 0.3 is 6.18 Å². The van der Waals surface area contributed by atoms with Crippen molar-refractivity contribution >= 4 is 23.3 Å². The van der Waals surface area contributed by atoms with Crippen LogP contribution in [0.25, 0.3) is 0 Å². The number of rotatable bonds is 4. The molecule has 128 valence electrons. The van der Waals surface area contributed by atoms with E-state index in [0.29, 0.717) is 0 Å². The molecule has 8 heteroatoms. The average Bonchev–Trinajstić information content (AvgIpc) is 2.79. The monoisotopic (exact) mass is 349 g/mol. The largest absolute Gasteiger partial charge is 0.417 e. The standard InChI is InChI=1S/C15H19ClF3N3O/c1-14(2)5-3-7-22(14)12(23)4-6-20-13-11(16)8-10(9-21-13)15(17,18)19/h8-9H,3-7H2,1-2H3,(H,20,21). The number of carbonyl (C=O) groups excluding carboxylic acids is 1. The van der Waals surface area contributed by atoms with Crippen LogP contribution in [0.2, 0.25) is 5.02 Å². The zero-order chi connectivity index (χ0) is 17.3. The Kier molecular flexibility index (Phi) is 5.08. The second-order valence-corrected chi connectivity index (χ2v) is 6.60. The molecule has 0 bridgehead atoms. The molecule has 0 aliphatic carbocycles. The van der Waals surface area contributed by atoms with Gasteiger partial charge < -0.3 is 10.2 Å². The first kappa shape index (κ1) is 17.8. The van der Waals surface area contributed by atoms with Crippen LogP contribution in [0.4, 0.5) is 19.0 Å².